The lowest BCUT2D eigenvalue weighted by atomic mass is 10.1. The summed E-state index contributed by atoms with van der Waals surface area (Å²) in [5, 5.41) is 9.10. The van der Waals surface area contributed by atoms with E-state index in [0.29, 0.717) is 17.0 Å². The number of fused-ring (bicyclic) bond motifs is 1. The normalized spacial score (nSPS) is 13.8. The lowest BCUT2D eigenvalue weighted by Crippen LogP contribution is -2.31. The maximum Gasteiger partial charge on any atom is 0.266 e. The highest BCUT2D eigenvalue weighted by Gasteiger charge is 2.39. The Hall–Kier alpha value is -2.76. The molecule has 1 aliphatic heterocycles. The molecule has 1 aliphatic rings. The van der Waals surface area contributed by atoms with Crippen LogP contribution in [-0.2, 0) is 0 Å². The number of rotatable bonds is 1. The molecule has 2 amide bonds. The Balaban J connectivity index is 2.19. The number of carbonyl (C=O) groups is 2. The quantitative estimate of drug-likeness (QED) is 0.813. The van der Waals surface area contributed by atoms with Crippen LogP contribution >= 0.6 is 0 Å². The van der Waals surface area contributed by atoms with E-state index in [-0.39, 0.29) is 11.1 Å². The van der Waals surface area contributed by atoms with Crippen LogP contribution in [0.15, 0.2) is 36.4 Å². The van der Waals surface area contributed by atoms with Gasteiger partial charge in [-0.1, -0.05) is 12.1 Å². The number of halogens is 2. The first-order chi connectivity index (χ1) is 9.50. The number of imide groups is 1. The number of hydrogen-bond acceptors (Lipinski definition) is 3. The summed E-state index contributed by atoms with van der Waals surface area (Å²) in [5.41, 5.74) is -0.609. The molecule has 100 valence electrons. The summed E-state index contributed by atoms with van der Waals surface area (Å²) in [4.78, 5) is 24.7. The number of anilines is 1. The molecular weight excluding hydrogens is 268 g/mol. The molecule has 1 heterocycles. The summed E-state index contributed by atoms with van der Waals surface area (Å²) in [7, 11) is 0. The molecule has 2 aromatic rings. The fraction of sp³-hybridized carbons (Fsp3) is 0. The number of nitrogens with zero attached hydrogens (tertiary/aromatic N) is 1. The fourth-order valence-corrected chi connectivity index (χ4v) is 2.16. The van der Waals surface area contributed by atoms with Crippen LogP contribution in [0.2, 0.25) is 0 Å². The fourth-order valence-electron chi connectivity index (χ4n) is 2.16. The molecule has 0 atom stereocenters. The van der Waals surface area contributed by atoms with Crippen molar-refractivity contribution in [2.75, 3.05) is 4.90 Å². The summed E-state index contributed by atoms with van der Waals surface area (Å²) < 4.78 is 27.6. The van der Waals surface area contributed by atoms with Crippen molar-refractivity contribution in [2.45, 2.75) is 0 Å². The molecule has 0 unspecified atom stereocenters. The van der Waals surface area contributed by atoms with Crippen molar-refractivity contribution in [3.05, 3.63) is 59.2 Å². The second-order valence-corrected chi connectivity index (χ2v) is 4.25. The van der Waals surface area contributed by atoms with E-state index in [1.165, 1.54) is 12.1 Å². The molecule has 3 rings (SSSR count). The van der Waals surface area contributed by atoms with Gasteiger partial charge in [0.2, 0.25) is 0 Å². The zero-order valence-electron chi connectivity index (χ0n) is 9.93. The van der Waals surface area contributed by atoms with Crippen LogP contribution in [0.25, 0.3) is 0 Å². The minimum absolute atomic E-state index is 0.0874. The predicted molar refractivity (Wildman–Crippen MR) is 65.6 cm³/mol. The van der Waals surface area contributed by atoms with Crippen molar-refractivity contribution in [1.29, 1.82) is 0 Å². The van der Waals surface area contributed by atoms with Gasteiger partial charge in [0, 0.05) is 12.1 Å². The van der Waals surface area contributed by atoms with E-state index in [1.807, 2.05) is 0 Å². The minimum atomic E-state index is -1.18. The molecule has 4 nitrogen and oxygen atoms in total. The van der Waals surface area contributed by atoms with Crippen molar-refractivity contribution in [2.24, 2.45) is 0 Å². The summed E-state index contributed by atoms with van der Waals surface area (Å²) in [6.45, 7) is 0. The molecule has 20 heavy (non-hydrogen) atoms. The van der Waals surface area contributed by atoms with Gasteiger partial charge in [-0.3, -0.25) is 9.59 Å². The highest BCUT2D eigenvalue weighted by Crippen LogP contribution is 2.33. The van der Waals surface area contributed by atoms with E-state index in [4.69, 9.17) is 5.11 Å². The van der Waals surface area contributed by atoms with Gasteiger partial charge in [-0.15, -0.1) is 0 Å². The maximum atomic E-state index is 13.8. The molecule has 6 heteroatoms. The van der Waals surface area contributed by atoms with Crippen LogP contribution in [-0.4, -0.2) is 16.9 Å². The van der Waals surface area contributed by atoms with Crippen molar-refractivity contribution in [1.82, 2.24) is 0 Å². The third-order valence-electron chi connectivity index (χ3n) is 3.02. The summed E-state index contributed by atoms with van der Waals surface area (Å²) in [6.07, 6.45) is 0. The first kappa shape index (κ1) is 12.3. The summed E-state index contributed by atoms with van der Waals surface area (Å²) in [6, 6.07) is 7.20. The van der Waals surface area contributed by atoms with Crippen LogP contribution in [0.5, 0.6) is 5.75 Å². The molecule has 0 fully saturated rings. The van der Waals surface area contributed by atoms with E-state index in [0.717, 1.165) is 0 Å². The number of carbonyl (C=O) groups excluding carboxylic acids is 2. The van der Waals surface area contributed by atoms with Crippen molar-refractivity contribution in [3.63, 3.8) is 0 Å². The molecule has 0 radical (unpaired) electrons. The molecule has 0 bridgehead atoms. The highest BCUT2D eigenvalue weighted by molar-refractivity contribution is 6.34. The average molecular weight is 275 g/mol. The number of phenols is 1. The Labute approximate surface area is 111 Å². The van der Waals surface area contributed by atoms with Crippen LogP contribution in [0.3, 0.4) is 0 Å². The van der Waals surface area contributed by atoms with Gasteiger partial charge in [0.15, 0.2) is 11.6 Å². The molecule has 0 saturated carbocycles. The van der Waals surface area contributed by atoms with E-state index < -0.39 is 34.9 Å². The summed E-state index contributed by atoms with van der Waals surface area (Å²) in [5.74, 6) is -4.59. The van der Waals surface area contributed by atoms with Gasteiger partial charge < -0.3 is 5.11 Å². The van der Waals surface area contributed by atoms with E-state index >= 15 is 0 Å². The predicted octanol–water partition coefficient (Wildman–Crippen LogP) is 2.47. The lowest BCUT2D eigenvalue weighted by molar-refractivity contribution is 0.0923. The maximum absolute atomic E-state index is 13.8. The van der Waals surface area contributed by atoms with Crippen molar-refractivity contribution in [3.8, 4) is 5.75 Å². The lowest BCUT2D eigenvalue weighted by Gasteiger charge is -2.15. The molecule has 0 spiro atoms. The van der Waals surface area contributed by atoms with E-state index in [1.54, 1.807) is 12.1 Å². The summed E-state index contributed by atoms with van der Waals surface area (Å²) >= 11 is 0. The number of aromatic hydroxyl groups is 1. The van der Waals surface area contributed by atoms with Crippen molar-refractivity contribution >= 4 is 17.5 Å². The number of amides is 2. The Morgan fingerprint density at radius 2 is 1.35 bits per heavy atom. The van der Waals surface area contributed by atoms with Gasteiger partial charge in [-0.05, 0) is 12.1 Å². The largest absolute Gasteiger partial charge is 0.508 e. The Morgan fingerprint density at radius 1 is 0.900 bits per heavy atom. The molecule has 0 aromatic heterocycles. The van der Waals surface area contributed by atoms with Crippen LogP contribution in [0.1, 0.15) is 20.7 Å². The number of benzene rings is 2. The van der Waals surface area contributed by atoms with Gasteiger partial charge in [-0.2, -0.15) is 0 Å². The van der Waals surface area contributed by atoms with Crippen LogP contribution < -0.4 is 4.90 Å². The zero-order valence-corrected chi connectivity index (χ0v) is 9.93. The Kier molecular flexibility index (Phi) is 2.53. The first-order valence-electron chi connectivity index (χ1n) is 5.66. The third-order valence-corrected chi connectivity index (χ3v) is 3.02. The van der Waals surface area contributed by atoms with Gasteiger partial charge in [-0.25, -0.2) is 13.7 Å². The minimum Gasteiger partial charge on any atom is -0.508 e. The van der Waals surface area contributed by atoms with Gasteiger partial charge in [0.1, 0.15) is 11.4 Å². The molecule has 2 aromatic carbocycles. The second kappa shape index (κ2) is 4.12. The average Bonchev–Trinajstić information content (AvgIpc) is 2.64. The van der Waals surface area contributed by atoms with Gasteiger partial charge in [0.05, 0.1) is 11.1 Å². The zero-order chi connectivity index (χ0) is 14.4. The molecule has 1 N–H and O–H groups in total. The Bertz CT molecular complexity index is 700. The number of hydrogen-bond donors (Lipinski definition) is 1. The Morgan fingerprint density at radius 3 is 1.80 bits per heavy atom. The van der Waals surface area contributed by atoms with Gasteiger partial charge in [0.25, 0.3) is 11.8 Å². The standard InChI is InChI=1S/C14H7F2NO3/c15-10-5-7(18)6-11(16)12(10)17-13(19)8-3-1-2-4-9(8)14(17)20/h1-6,18H. The van der Waals surface area contributed by atoms with Gasteiger partial charge >= 0.3 is 0 Å². The third kappa shape index (κ3) is 1.58. The monoisotopic (exact) mass is 275 g/mol. The molecule has 0 aliphatic carbocycles. The SMILES string of the molecule is O=C1c2ccccc2C(=O)N1c1c(F)cc(O)cc1F. The van der Waals surface area contributed by atoms with Crippen LogP contribution in [0.4, 0.5) is 14.5 Å². The van der Waals surface area contributed by atoms with E-state index in [2.05, 4.69) is 0 Å². The topological polar surface area (TPSA) is 57.6 Å². The van der Waals surface area contributed by atoms with Crippen LogP contribution in [0, 0.1) is 11.6 Å². The van der Waals surface area contributed by atoms with Crippen molar-refractivity contribution < 1.29 is 23.5 Å². The smallest absolute Gasteiger partial charge is 0.266 e. The highest BCUT2D eigenvalue weighted by atomic mass is 19.1. The second-order valence-electron chi connectivity index (χ2n) is 4.25. The molecular formula is C14H7F2NO3. The first-order valence-corrected chi connectivity index (χ1v) is 5.66. The molecule has 0 saturated heterocycles. The van der Waals surface area contributed by atoms with E-state index in [9.17, 15) is 18.4 Å². The number of phenolic OH excluding ortho intramolecular Hbond substituents is 1.